The van der Waals surface area contributed by atoms with Crippen molar-refractivity contribution in [3.8, 4) is 11.3 Å². The molecule has 1 amide bonds. The van der Waals surface area contributed by atoms with Crippen LogP contribution in [0.1, 0.15) is 21.6 Å². The van der Waals surface area contributed by atoms with Crippen molar-refractivity contribution in [2.24, 2.45) is 0 Å². The van der Waals surface area contributed by atoms with E-state index in [2.05, 4.69) is 15.0 Å². The fourth-order valence-corrected chi connectivity index (χ4v) is 2.90. The number of nitrogens with zero attached hydrogens (tertiary/aromatic N) is 4. The molecule has 0 bridgehead atoms. The van der Waals surface area contributed by atoms with E-state index in [9.17, 15) is 14.7 Å². The van der Waals surface area contributed by atoms with Crippen LogP contribution in [0.15, 0.2) is 24.8 Å². The van der Waals surface area contributed by atoms with Crippen LogP contribution in [0.2, 0.25) is 0 Å². The molecule has 130 valence electrons. The van der Waals surface area contributed by atoms with Gasteiger partial charge in [0, 0.05) is 50.3 Å². The van der Waals surface area contributed by atoms with E-state index in [0.717, 1.165) is 11.3 Å². The molecule has 8 nitrogen and oxygen atoms in total. The van der Waals surface area contributed by atoms with Gasteiger partial charge >= 0.3 is 5.97 Å². The van der Waals surface area contributed by atoms with Gasteiger partial charge in [0.15, 0.2) is 0 Å². The highest BCUT2D eigenvalue weighted by Gasteiger charge is 2.23. The minimum Gasteiger partial charge on any atom is -0.478 e. The smallest absolute Gasteiger partial charge is 0.337 e. The summed E-state index contributed by atoms with van der Waals surface area (Å²) in [5.74, 6) is -1.13. The van der Waals surface area contributed by atoms with Crippen molar-refractivity contribution in [1.82, 2.24) is 19.9 Å². The summed E-state index contributed by atoms with van der Waals surface area (Å²) in [5.41, 5.74) is 2.68. The Morgan fingerprint density at radius 1 is 1.24 bits per heavy atom. The van der Waals surface area contributed by atoms with Crippen LogP contribution in [0.25, 0.3) is 11.3 Å². The molecule has 1 aliphatic heterocycles. The van der Waals surface area contributed by atoms with Crippen molar-refractivity contribution >= 4 is 11.9 Å². The summed E-state index contributed by atoms with van der Waals surface area (Å²) in [6, 6.07) is 1.65. The molecule has 0 aromatic carbocycles. The van der Waals surface area contributed by atoms with Crippen LogP contribution in [0, 0.1) is 0 Å². The van der Waals surface area contributed by atoms with Crippen LogP contribution < -0.4 is 0 Å². The Labute approximate surface area is 144 Å². The zero-order valence-electron chi connectivity index (χ0n) is 13.8. The van der Waals surface area contributed by atoms with E-state index < -0.39 is 5.97 Å². The summed E-state index contributed by atoms with van der Waals surface area (Å²) in [6.07, 6.45) is 5.58. The van der Waals surface area contributed by atoms with Crippen molar-refractivity contribution in [3.63, 3.8) is 0 Å². The molecule has 0 spiro atoms. The maximum Gasteiger partial charge on any atom is 0.337 e. The number of hydrogen-bond donors (Lipinski definition) is 1. The minimum absolute atomic E-state index is 0.0384. The lowest BCUT2D eigenvalue weighted by Gasteiger charge is -2.19. The quantitative estimate of drug-likeness (QED) is 0.876. The molecular formula is C17H18N4O4. The number of aromatic carboxylic acids is 1. The fourth-order valence-electron chi connectivity index (χ4n) is 2.90. The summed E-state index contributed by atoms with van der Waals surface area (Å²) in [7, 11) is 1.49. The van der Waals surface area contributed by atoms with Gasteiger partial charge < -0.3 is 14.7 Å². The van der Waals surface area contributed by atoms with Crippen molar-refractivity contribution in [3.05, 3.63) is 41.6 Å². The normalized spacial score (nSPS) is 13.9. The van der Waals surface area contributed by atoms with Crippen LogP contribution in [0.4, 0.5) is 0 Å². The van der Waals surface area contributed by atoms with E-state index >= 15 is 0 Å². The third-order valence-corrected chi connectivity index (χ3v) is 4.15. The van der Waals surface area contributed by atoms with Gasteiger partial charge in [-0.3, -0.25) is 9.78 Å². The first-order valence-electron chi connectivity index (χ1n) is 7.88. The molecule has 2 aromatic rings. The molecule has 3 rings (SSSR count). The molecule has 0 radical (unpaired) electrons. The van der Waals surface area contributed by atoms with Crippen LogP contribution in [0.3, 0.4) is 0 Å². The summed E-state index contributed by atoms with van der Waals surface area (Å²) < 4.78 is 4.90. The largest absolute Gasteiger partial charge is 0.478 e. The zero-order valence-corrected chi connectivity index (χ0v) is 13.8. The first-order valence-corrected chi connectivity index (χ1v) is 7.88. The molecule has 0 saturated heterocycles. The molecule has 2 aromatic heterocycles. The summed E-state index contributed by atoms with van der Waals surface area (Å²) >= 11 is 0. The first kappa shape index (κ1) is 17.0. The predicted molar refractivity (Wildman–Crippen MR) is 88.1 cm³/mol. The Kier molecular flexibility index (Phi) is 4.99. The first-order chi connectivity index (χ1) is 12.1. The second-order valence-corrected chi connectivity index (χ2v) is 5.74. The van der Waals surface area contributed by atoms with Gasteiger partial charge in [-0.15, -0.1) is 0 Å². The zero-order chi connectivity index (χ0) is 17.8. The molecule has 0 aliphatic carbocycles. The number of carbonyl (C=O) groups is 2. The van der Waals surface area contributed by atoms with Gasteiger partial charge in [-0.1, -0.05) is 0 Å². The van der Waals surface area contributed by atoms with E-state index in [1.807, 2.05) is 0 Å². The number of methoxy groups -OCH3 is 1. The van der Waals surface area contributed by atoms with Gasteiger partial charge in [-0.2, -0.15) is 0 Å². The van der Waals surface area contributed by atoms with Crippen molar-refractivity contribution in [2.45, 2.75) is 12.8 Å². The van der Waals surface area contributed by atoms with Crippen LogP contribution >= 0.6 is 0 Å². The number of ether oxygens (including phenoxy) is 1. The van der Waals surface area contributed by atoms with Crippen LogP contribution in [-0.2, 0) is 22.4 Å². The molecule has 0 fully saturated rings. The van der Waals surface area contributed by atoms with Gasteiger partial charge in [0.05, 0.1) is 11.3 Å². The number of carboxylic acids is 1. The second kappa shape index (κ2) is 7.35. The highest BCUT2D eigenvalue weighted by atomic mass is 16.5. The van der Waals surface area contributed by atoms with Crippen LogP contribution in [0.5, 0.6) is 0 Å². The average Bonchev–Trinajstić information content (AvgIpc) is 2.83. The number of hydrogen-bond acceptors (Lipinski definition) is 6. The molecule has 0 unspecified atom stereocenters. The highest BCUT2D eigenvalue weighted by molar-refractivity contribution is 5.95. The van der Waals surface area contributed by atoms with Gasteiger partial charge in [-0.05, 0) is 18.1 Å². The lowest BCUT2D eigenvalue weighted by Crippen LogP contribution is -2.35. The van der Waals surface area contributed by atoms with Gasteiger partial charge in [0.1, 0.15) is 12.9 Å². The molecule has 0 saturated carbocycles. The van der Waals surface area contributed by atoms with E-state index in [0.29, 0.717) is 37.2 Å². The van der Waals surface area contributed by atoms with Gasteiger partial charge in [0.25, 0.3) is 0 Å². The van der Waals surface area contributed by atoms with Crippen LogP contribution in [-0.4, -0.2) is 63.6 Å². The minimum atomic E-state index is -1.05. The number of amides is 1. The number of fused-ring (bicyclic) bond motifs is 1. The van der Waals surface area contributed by atoms with Crippen molar-refractivity contribution in [2.75, 3.05) is 26.8 Å². The third-order valence-electron chi connectivity index (χ3n) is 4.15. The van der Waals surface area contributed by atoms with E-state index in [1.54, 1.807) is 23.4 Å². The fraction of sp³-hybridized carbons (Fsp3) is 0.353. The molecule has 1 N–H and O–H groups in total. The predicted octanol–water partition coefficient (Wildman–Crippen LogP) is 0.810. The molecule has 8 heteroatoms. The number of carboxylic acid groups (broad SMARTS) is 1. The Morgan fingerprint density at radius 2 is 1.96 bits per heavy atom. The SMILES string of the molecule is COCC(=O)N1CCc2cc(C(=O)O)c(-c3cncnc3)nc2CC1. The number of aromatic nitrogens is 3. The lowest BCUT2D eigenvalue weighted by atomic mass is 10.0. The summed E-state index contributed by atoms with van der Waals surface area (Å²) in [5, 5.41) is 9.55. The summed E-state index contributed by atoms with van der Waals surface area (Å²) in [4.78, 5) is 37.9. The third kappa shape index (κ3) is 3.63. The van der Waals surface area contributed by atoms with E-state index in [-0.39, 0.29) is 18.1 Å². The monoisotopic (exact) mass is 342 g/mol. The Balaban J connectivity index is 1.96. The van der Waals surface area contributed by atoms with Crippen molar-refractivity contribution < 1.29 is 19.4 Å². The van der Waals surface area contributed by atoms with Gasteiger partial charge in [0.2, 0.25) is 5.91 Å². The Bertz CT molecular complexity index is 795. The highest BCUT2D eigenvalue weighted by Crippen LogP contribution is 2.25. The summed E-state index contributed by atoms with van der Waals surface area (Å²) in [6.45, 7) is 1.08. The topological polar surface area (TPSA) is 106 Å². The molecular weight excluding hydrogens is 324 g/mol. The van der Waals surface area contributed by atoms with Gasteiger partial charge in [-0.25, -0.2) is 14.8 Å². The maximum atomic E-state index is 12.0. The Morgan fingerprint density at radius 3 is 2.64 bits per heavy atom. The number of carbonyl (C=O) groups excluding carboxylic acids is 1. The molecule has 0 atom stereocenters. The van der Waals surface area contributed by atoms with E-state index in [4.69, 9.17) is 4.74 Å². The van der Waals surface area contributed by atoms with Crippen molar-refractivity contribution in [1.29, 1.82) is 0 Å². The lowest BCUT2D eigenvalue weighted by molar-refractivity contribution is -0.135. The Hall–Kier alpha value is -2.87. The standard InChI is InChI=1S/C17H18N4O4/c1-25-9-15(22)21-4-2-11-6-13(17(23)24)16(20-14(11)3-5-21)12-7-18-10-19-8-12/h6-8,10H,2-5,9H2,1H3,(H,23,24). The van der Waals surface area contributed by atoms with E-state index in [1.165, 1.54) is 13.4 Å². The average molecular weight is 342 g/mol. The second-order valence-electron chi connectivity index (χ2n) is 5.74. The molecule has 25 heavy (non-hydrogen) atoms. The molecule has 1 aliphatic rings. The molecule has 3 heterocycles. The number of rotatable bonds is 4. The number of pyridine rings is 1. The maximum absolute atomic E-state index is 12.0.